The Morgan fingerprint density at radius 1 is 1.00 bits per heavy atom. The highest BCUT2D eigenvalue weighted by Gasteiger charge is 2.36. The third kappa shape index (κ3) is 4.73. The van der Waals surface area contributed by atoms with Gasteiger partial charge in [-0.15, -0.1) is 0 Å². The van der Waals surface area contributed by atoms with Gasteiger partial charge >= 0.3 is 6.18 Å². The van der Waals surface area contributed by atoms with Gasteiger partial charge in [0.15, 0.2) is 0 Å². The molecular formula is C21H29F3N6O2S. The van der Waals surface area contributed by atoms with Crippen LogP contribution in [0.15, 0.2) is 23.2 Å². The van der Waals surface area contributed by atoms with E-state index in [2.05, 4.69) is 15.0 Å². The number of pyridine rings is 1. The van der Waals surface area contributed by atoms with Crippen LogP contribution in [-0.2, 0) is 23.2 Å². The van der Waals surface area contributed by atoms with Gasteiger partial charge in [-0.2, -0.15) is 22.6 Å². The fourth-order valence-corrected chi connectivity index (χ4v) is 6.63. The van der Waals surface area contributed by atoms with Crippen molar-refractivity contribution in [1.29, 1.82) is 0 Å². The molecule has 0 N–H and O–H groups in total. The first kappa shape index (κ1) is 24.0. The number of piperidine rings is 1. The molecule has 0 radical (unpaired) electrons. The maximum absolute atomic E-state index is 13.2. The Morgan fingerprint density at radius 3 is 2.12 bits per heavy atom. The van der Waals surface area contributed by atoms with E-state index in [1.54, 1.807) is 29.9 Å². The molecule has 4 rings (SSSR count). The largest absolute Gasteiger partial charge is 0.417 e. The van der Waals surface area contributed by atoms with Crippen molar-refractivity contribution in [3.05, 3.63) is 35.3 Å². The summed E-state index contributed by atoms with van der Waals surface area (Å²) in [4.78, 5) is 8.64. The number of hydrogen-bond acceptors (Lipinski definition) is 6. The highest BCUT2D eigenvalue weighted by Crippen LogP contribution is 2.30. The van der Waals surface area contributed by atoms with Crippen molar-refractivity contribution in [2.45, 2.75) is 43.8 Å². The molecular weight excluding hydrogens is 457 g/mol. The van der Waals surface area contributed by atoms with Crippen LogP contribution in [0, 0.1) is 13.8 Å². The van der Waals surface area contributed by atoms with Gasteiger partial charge in [-0.05, 0) is 38.8 Å². The van der Waals surface area contributed by atoms with Crippen LogP contribution in [0.3, 0.4) is 0 Å². The Hall–Kier alpha value is -2.18. The Balaban J connectivity index is 1.32. The van der Waals surface area contributed by atoms with Crippen molar-refractivity contribution >= 4 is 15.8 Å². The fourth-order valence-electron chi connectivity index (χ4n) is 4.76. The lowest BCUT2D eigenvalue weighted by molar-refractivity contribution is -0.137. The number of nitrogens with zero attached hydrogens (tertiary/aromatic N) is 6. The maximum atomic E-state index is 13.2. The predicted octanol–water partition coefficient (Wildman–Crippen LogP) is 2.43. The molecule has 2 aliphatic rings. The van der Waals surface area contributed by atoms with E-state index in [4.69, 9.17) is 0 Å². The lowest BCUT2D eigenvalue weighted by Gasteiger charge is -2.42. The third-order valence-electron chi connectivity index (χ3n) is 6.69. The number of sulfonamides is 1. The molecule has 0 aromatic carbocycles. The van der Waals surface area contributed by atoms with Crippen LogP contribution in [0.5, 0.6) is 0 Å². The molecule has 0 unspecified atom stereocenters. The summed E-state index contributed by atoms with van der Waals surface area (Å²) in [7, 11) is -1.84. The van der Waals surface area contributed by atoms with Crippen LogP contribution in [0.1, 0.15) is 29.8 Å². The van der Waals surface area contributed by atoms with Gasteiger partial charge in [0, 0.05) is 58.6 Å². The van der Waals surface area contributed by atoms with Crippen LogP contribution in [0.4, 0.5) is 19.0 Å². The summed E-state index contributed by atoms with van der Waals surface area (Å²) >= 11 is 0. The number of alkyl halides is 3. The van der Waals surface area contributed by atoms with Gasteiger partial charge in [-0.25, -0.2) is 13.4 Å². The first-order chi connectivity index (χ1) is 15.5. The van der Waals surface area contributed by atoms with Crippen molar-refractivity contribution in [1.82, 2.24) is 24.0 Å². The molecule has 4 heterocycles. The monoisotopic (exact) mass is 486 g/mol. The molecule has 33 heavy (non-hydrogen) atoms. The minimum atomic E-state index is -4.39. The molecule has 2 aromatic heterocycles. The Kier molecular flexibility index (Phi) is 6.45. The molecule has 0 amide bonds. The van der Waals surface area contributed by atoms with Crippen molar-refractivity contribution in [3.63, 3.8) is 0 Å². The van der Waals surface area contributed by atoms with Crippen LogP contribution >= 0.6 is 0 Å². The van der Waals surface area contributed by atoms with E-state index in [-0.39, 0.29) is 6.04 Å². The average molecular weight is 487 g/mol. The number of aryl methyl sites for hydroxylation is 2. The Morgan fingerprint density at radius 2 is 1.64 bits per heavy atom. The second kappa shape index (κ2) is 8.88. The molecule has 0 aliphatic carbocycles. The van der Waals surface area contributed by atoms with Gasteiger partial charge in [0.1, 0.15) is 10.7 Å². The normalized spacial score (nSPS) is 19.9. The number of halogens is 3. The first-order valence-corrected chi connectivity index (χ1v) is 12.4. The summed E-state index contributed by atoms with van der Waals surface area (Å²) in [6.45, 7) is 7.28. The lowest BCUT2D eigenvalue weighted by atomic mass is 10.0. The second-order valence-electron chi connectivity index (χ2n) is 8.68. The van der Waals surface area contributed by atoms with Gasteiger partial charge < -0.3 is 4.90 Å². The van der Waals surface area contributed by atoms with Crippen LogP contribution in [0.25, 0.3) is 0 Å². The zero-order valence-electron chi connectivity index (χ0n) is 19.0. The molecule has 12 heteroatoms. The third-order valence-corrected chi connectivity index (χ3v) is 8.85. The SMILES string of the molecule is Cc1nn(C)c(C)c1S(=O)(=O)N1CCC(N2CCN(c3ccc(C(F)(F)F)cn3)CC2)CC1. The minimum absolute atomic E-state index is 0.287. The molecule has 0 spiro atoms. The number of anilines is 1. The van der Waals surface area contributed by atoms with E-state index in [1.165, 1.54) is 6.07 Å². The highest BCUT2D eigenvalue weighted by molar-refractivity contribution is 7.89. The summed E-state index contributed by atoms with van der Waals surface area (Å²) in [6.07, 6.45) is -2.02. The van der Waals surface area contributed by atoms with E-state index < -0.39 is 21.8 Å². The summed E-state index contributed by atoms with van der Waals surface area (Å²) in [5.74, 6) is 0.547. The molecule has 0 atom stereocenters. The molecule has 2 aromatic rings. The molecule has 182 valence electrons. The number of rotatable bonds is 4. The molecule has 2 aliphatic heterocycles. The van der Waals surface area contributed by atoms with Gasteiger partial charge in [-0.1, -0.05) is 0 Å². The maximum Gasteiger partial charge on any atom is 0.417 e. The smallest absolute Gasteiger partial charge is 0.354 e. The lowest BCUT2D eigenvalue weighted by Crippen LogP contribution is -2.54. The number of piperazine rings is 1. The van der Waals surface area contributed by atoms with Gasteiger partial charge in [0.2, 0.25) is 10.0 Å². The van der Waals surface area contributed by atoms with Crippen molar-refractivity contribution in [2.75, 3.05) is 44.2 Å². The Bertz CT molecular complexity index is 1080. The molecule has 0 bridgehead atoms. The Labute approximate surface area is 192 Å². The van der Waals surface area contributed by atoms with E-state index in [9.17, 15) is 21.6 Å². The summed E-state index contributed by atoms with van der Waals surface area (Å²) < 4.78 is 67.8. The molecule has 0 saturated carbocycles. The topological polar surface area (TPSA) is 74.6 Å². The van der Waals surface area contributed by atoms with E-state index in [1.807, 2.05) is 4.90 Å². The highest BCUT2D eigenvalue weighted by atomic mass is 32.2. The van der Waals surface area contributed by atoms with E-state index in [0.29, 0.717) is 48.3 Å². The van der Waals surface area contributed by atoms with Crippen molar-refractivity contribution in [2.24, 2.45) is 7.05 Å². The van der Waals surface area contributed by atoms with Crippen LogP contribution in [0.2, 0.25) is 0 Å². The zero-order valence-corrected chi connectivity index (χ0v) is 19.8. The van der Waals surface area contributed by atoms with Gasteiger partial charge in [0.25, 0.3) is 0 Å². The summed E-state index contributed by atoms with van der Waals surface area (Å²) in [6, 6.07) is 2.77. The van der Waals surface area contributed by atoms with Gasteiger partial charge in [0.05, 0.1) is 17.0 Å². The molecule has 2 saturated heterocycles. The van der Waals surface area contributed by atoms with Gasteiger partial charge in [-0.3, -0.25) is 9.58 Å². The quantitative estimate of drug-likeness (QED) is 0.661. The van der Waals surface area contributed by atoms with E-state index >= 15 is 0 Å². The minimum Gasteiger partial charge on any atom is -0.354 e. The first-order valence-electron chi connectivity index (χ1n) is 11.0. The number of hydrogen-bond donors (Lipinski definition) is 0. The fraction of sp³-hybridized carbons (Fsp3) is 0.619. The molecule has 8 nitrogen and oxygen atoms in total. The van der Waals surface area contributed by atoms with Crippen molar-refractivity contribution in [3.8, 4) is 0 Å². The predicted molar refractivity (Wildman–Crippen MR) is 117 cm³/mol. The van der Waals surface area contributed by atoms with E-state index in [0.717, 1.165) is 38.2 Å². The molecule has 2 fully saturated rings. The van der Waals surface area contributed by atoms with Crippen molar-refractivity contribution < 1.29 is 21.6 Å². The second-order valence-corrected chi connectivity index (χ2v) is 10.6. The number of aromatic nitrogens is 3. The van der Waals surface area contributed by atoms with Crippen LogP contribution < -0.4 is 4.90 Å². The zero-order chi connectivity index (χ0) is 24.0. The summed E-state index contributed by atoms with van der Waals surface area (Å²) in [5.41, 5.74) is 0.413. The standard InChI is InChI=1S/C21H29F3N6O2S/c1-15-20(16(2)27(3)26-15)33(31,32)30-8-6-18(7-9-30)28-10-12-29(13-11-28)19-5-4-17(14-25-19)21(22,23)24/h4-5,14,18H,6-13H2,1-3H3. The summed E-state index contributed by atoms with van der Waals surface area (Å²) in [5, 5.41) is 4.25. The average Bonchev–Trinajstić information content (AvgIpc) is 3.05. The van der Waals surface area contributed by atoms with Crippen LogP contribution in [-0.4, -0.2) is 77.7 Å².